The molecule has 21 heavy (non-hydrogen) atoms. The number of nitrogens with zero attached hydrogens (tertiary/aromatic N) is 3. The summed E-state index contributed by atoms with van der Waals surface area (Å²) in [5, 5.41) is 4.68. The van der Waals surface area contributed by atoms with Crippen LogP contribution in [0, 0.1) is 0 Å². The van der Waals surface area contributed by atoms with E-state index in [-0.39, 0.29) is 12.1 Å². The van der Waals surface area contributed by atoms with Crippen LogP contribution in [0.15, 0.2) is 6.07 Å². The summed E-state index contributed by atoms with van der Waals surface area (Å²) in [5.74, 6) is 0.438. The smallest absolute Gasteiger partial charge is 0.410 e. The number of aromatic nitrogens is 2. The van der Waals surface area contributed by atoms with E-state index in [1.807, 2.05) is 20.8 Å². The number of aryl methyl sites for hydroxylation is 1. The van der Waals surface area contributed by atoms with Crippen LogP contribution in [0.2, 0.25) is 0 Å². The van der Waals surface area contributed by atoms with Crippen molar-refractivity contribution in [2.75, 3.05) is 13.1 Å². The predicted octanol–water partition coefficient (Wildman–Crippen LogP) is 3.36. The van der Waals surface area contributed by atoms with Crippen molar-refractivity contribution in [3.8, 4) is 0 Å². The Morgan fingerprint density at radius 2 is 2.05 bits per heavy atom. The average molecular weight is 293 g/mol. The standard InChI is InChI=1S/C16H27N3O2/c1-7-12-8-14(11(2)3)19(17-12)13-9-18(10-13)15(20)21-16(4,5)6/h8,11,13H,7,9-10H2,1-6H3. The zero-order valence-electron chi connectivity index (χ0n) is 14.0. The van der Waals surface area contributed by atoms with Crippen molar-refractivity contribution < 1.29 is 9.53 Å². The van der Waals surface area contributed by atoms with E-state index in [0.717, 1.165) is 12.1 Å². The van der Waals surface area contributed by atoms with Gasteiger partial charge in [0.1, 0.15) is 5.60 Å². The van der Waals surface area contributed by atoms with Gasteiger partial charge in [0.05, 0.1) is 11.7 Å². The van der Waals surface area contributed by atoms with Crippen molar-refractivity contribution in [2.24, 2.45) is 0 Å². The molecular weight excluding hydrogens is 266 g/mol. The Balaban J connectivity index is 2.01. The lowest BCUT2D eigenvalue weighted by molar-refractivity contribution is -0.000859. The molecule has 118 valence electrons. The fourth-order valence-corrected chi connectivity index (χ4v) is 2.44. The molecule has 1 fully saturated rings. The fourth-order valence-electron chi connectivity index (χ4n) is 2.44. The minimum absolute atomic E-state index is 0.229. The van der Waals surface area contributed by atoms with Crippen LogP contribution in [0.1, 0.15) is 64.9 Å². The molecule has 0 atom stereocenters. The minimum Gasteiger partial charge on any atom is -0.444 e. The number of hydrogen-bond acceptors (Lipinski definition) is 3. The lowest BCUT2D eigenvalue weighted by Crippen LogP contribution is -2.52. The second-order valence-electron chi connectivity index (χ2n) is 7.05. The van der Waals surface area contributed by atoms with Crippen LogP contribution in [-0.2, 0) is 11.2 Å². The average Bonchev–Trinajstić information content (AvgIpc) is 2.68. The van der Waals surface area contributed by atoms with Gasteiger partial charge in [-0.1, -0.05) is 20.8 Å². The lowest BCUT2D eigenvalue weighted by atomic mass is 10.1. The van der Waals surface area contributed by atoms with E-state index < -0.39 is 5.60 Å². The van der Waals surface area contributed by atoms with Crippen molar-refractivity contribution in [1.29, 1.82) is 0 Å². The molecule has 1 saturated heterocycles. The first-order chi connectivity index (χ1) is 9.71. The molecule has 5 nitrogen and oxygen atoms in total. The molecule has 0 saturated carbocycles. The van der Waals surface area contributed by atoms with Gasteiger partial charge in [0, 0.05) is 18.8 Å². The van der Waals surface area contributed by atoms with E-state index in [9.17, 15) is 4.79 Å². The normalized spacial score (nSPS) is 16.2. The summed E-state index contributed by atoms with van der Waals surface area (Å²) in [6, 6.07) is 2.45. The van der Waals surface area contributed by atoms with Crippen molar-refractivity contribution in [3.05, 3.63) is 17.5 Å². The number of ether oxygens (including phenoxy) is 1. The van der Waals surface area contributed by atoms with Gasteiger partial charge in [-0.15, -0.1) is 0 Å². The van der Waals surface area contributed by atoms with Crippen LogP contribution >= 0.6 is 0 Å². The second kappa shape index (κ2) is 5.70. The Labute approximate surface area is 127 Å². The quantitative estimate of drug-likeness (QED) is 0.858. The van der Waals surface area contributed by atoms with E-state index in [4.69, 9.17) is 4.74 Å². The molecule has 5 heteroatoms. The number of carbonyl (C=O) groups excluding carboxylic acids is 1. The first-order valence-corrected chi connectivity index (χ1v) is 7.77. The van der Waals surface area contributed by atoms with Crippen molar-refractivity contribution >= 4 is 6.09 Å². The summed E-state index contributed by atoms with van der Waals surface area (Å²) in [6.45, 7) is 13.5. The zero-order valence-corrected chi connectivity index (χ0v) is 14.0. The number of rotatable bonds is 3. The van der Waals surface area contributed by atoms with Crippen LogP contribution in [-0.4, -0.2) is 39.5 Å². The third-order valence-corrected chi connectivity index (χ3v) is 3.63. The molecule has 0 bridgehead atoms. The van der Waals surface area contributed by atoms with Gasteiger partial charge in [0.25, 0.3) is 0 Å². The molecule has 0 aliphatic carbocycles. The maximum atomic E-state index is 12.0. The van der Waals surface area contributed by atoms with Crippen LogP contribution in [0.5, 0.6) is 0 Å². The van der Waals surface area contributed by atoms with Crippen molar-refractivity contribution in [3.63, 3.8) is 0 Å². The summed E-state index contributed by atoms with van der Waals surface area (Å²) in [4.78, 5) is 13.7. The van der Waals surface area contributed by atoms with Gasteiger partial charge in [0.2, 0.25) is 0 Å². The van der Waals surface area contributed by atoms with Crippen molar-refractivity contribution in [2.45, 2.75) is 65.5 Å². The topological polar surface area (TPSA) is 47.4 Å². The Bertz CT molecular complexity index is 508. The monoisotopic (exact) mass is 293 g/mol. The fraction of sp³-hybridized carbons (Fsp3) is 0.750. The summed E-state index contributed by atoms with van der Waals surface area (Å²) in [5.41, 5.74) is 1.93. The van der Waals surface area contributed by atoms with Gasteiger partial charge < -0.3 is 9.64 Å². The number of likely N-dealkylation sites (tertiary alicyclic amines) is 1. The Morgan fingerprint density at radius 3 is 2.52 bits per heavy atom. The zero-order chi connectivity index (χ0) is 15.8. The van der Waals surface area contributed by atoms with Gasteiger partial charge in [-0.3, -0.25) is 4.68 Å². The molecule has 0 radical (unpaired) electrons. The molecule has 0 unspecified atom stereocenters. The van der Waals surface area contributed by atoms with E-state index in [2.05, 4.69) is 36.6 Å². The maximum Gasteiger partial charge on any atom is 0.410 e. The molecule has 1 amide bonds. The molecule has 2 rings (SSSR count). The minimum atomic E-state index is -0.438. The van der Waals surface area contributed by atoms with E-state index in [0.29, 0.717) is 19.0 Å². The largest absolute Gasteiger partial charge is 0.444 e. The van der Waals surface area contributed by atoms with E-state index in [1.54, 1.807) is 4.90 Å². The van der Waals surface area contributed by atoms with Gasteiger partial charge in [-0.2, -0.15) is 5.10 Å². The van der Waals surface area contributed by atoms with Gasteiger partial charge in [-0.25, -0.2) is 4.79 Å². The summed E-state index contributed by atoms with van der Waals surface area (Å²) in [6.07, 6.45) is 0.711. The Kier molecular flexibility index (Phi) is 4.30. The van der Waals surface area contributed by atoms with Crippen LogP contribution in [0.4, 0.5) is 4.79 Å². The SMILES string of the molecule is CCc1cc(C(C)C)n(C2CN(C(=O)OC(C)(C)C)C2)n1. The third kappa shape index (κ3) is 3.57. The molecule has 1 aliphatic rings. The highest BCUT2D eigenvalue weighted by molar-refractivity contribution is 5.69. The molecule has 1 aliphatic heterocycles. The van der Waals surface area contributed by atoms with Gasteiger partial charge in [0.15, 0.2) is 0 Å². The molecule has 1 aromatic rings. The molecule has 2 heterocycles. The second-order valence-corrected chi connectivity index (χ2v) is 7.05. The highest BCUT2D eigenvalue weighted by Gasteiger charge is 2.36. The van der Waals surface area contributed by atoms with E-state index >= 15 is 0 Å². The summed E-state index contributed by atoms with van der Waals surface area (Å²) >= 11 is 0. The third-order valence-electron chi connectivity index (χ3n) is 3.63. The highest BCUT2D eigenvalue weighted by atomic mass is 16.6. The van der Waals surface area contributed by atoms with Crippen LogP contribution in [0.25, 0.3) is 0 Å². The number of carbonyl (C=O) groups is 1. The Hall–Kier alpha value is -1.52. The van der Waals surface area contributed by atoms with Gasteiger partial charge in [-0.05, 0) is 39.2 Å². The summed E-state index contributed by atoms with van der Waals surface area (Å²) < 4.78 is 7.49. The molecule has 0 aromatic carbocycles. The first kappa shape index (κ1) is 15.9. The van der Waals surface area contributed by atoms with Crippen molar-refractivity contribution in [1.82, 2.24) is 14.7 Å². The molecular formula is C16H27N3O2. The van der Waals surface area contributed by atoms with E-state index in [1.165, 1.54) is 5.69 Å². The molecule has 1 aromatic heterocycles. The lowest BCUT2D eigenvalue weighted by Gasteiger charge is -2.40. The number of amides is 1. The molecule has 0 N–H and O–H groups in total. The maximum absolute atomic E-state index is 12.0. The predicted molar refractivity (Wildman–Crippen MR) is 82.5 cm³/mol. The highest BCUT2D eigenvalue weighted by Crippen LogP contribution is 2.28. The van der Waals surface area contributed by atoms with Gasteiger partial charge >= 0.3 is 6.09 Å². The van der Waals surface area contributed by atoms with Crippen LogP contribution < -0.4 is 0 Å². The summed E-state index contributed by atoms with van der Waals surface area (Å²) in [7, 11) is 0. The van der Waals surface area contributed by atoms with Crippen LogP contribution in [0.3, 0.4) is 0 Å². The molecule has 0 spiro atoms. The Morgan fingerprint density at radius 1 is 1.43 bits per heavy atom. The first-order valence-electron chi connectivity index (χ1n) is 7.77. The number of hydrogen-bond donors (Lipinski definition) is 0.